The number of carbonyl (C=O) groups excluding carboxylic acids is 1. The number of nitrogens with two attached hydrogens (primary N) is 1. The molecule has 0 saturated carbocycles. The molecule has 0 aliphatic heterocycles. The first-order valence-electron chi connectivity index (χ1n) is 5.90. The molecule has 3 N–H and O–H groups in total. The highest BCUT2D eigenvalue weighted by molar-refractivity contribution is 5.83. The second kappa shape index (κ2) is 7.81. The molecule has 4 nitrogen and oxygen atoms in total. The molecule has 0 aromatic heterocycles. The molecule has 17 heavy (non-hydrogen) atoms. The maximum absolute atomic E-state index is 11.9. The van der Waals surface area contributed by atoms with Gasteiger partial charge in [0, 0.05) is 19.7 Å². The van der Waals surface area contributed by atoms with Gasteiger partial charge in [0.15, 0.2) is 0 Å². The fraction of sp³-hybridized carbons (Fsp3) is 0.462. The van der Waals surface area contributed by atoms with Crippen molar-refractivity contribution in [1.29, 1.82) is 0 Å². The van der Waals surface area contributed by atoms with Gasteiger partial charge in [-0.3, -0.25) is 4.79 Å². The molecule has 0 spiro atoms. The maximum atomic E-state index is 11.9. The van der Waals surface area contributed by atoms with Gasteiger partial charge in [0.2, 0.25) is 5.91 Å². The Morgan fingerprint density at radius 1 is 1.41 bits per heavy atom. The molecular formula is C13H20N2O2. The third-order valence-electron chi connectivity index (χ3n) is 2.50. The van der Waals surface area contributed by atoms with Gasteiger partial charge in [0.1, 0.15) is 0 Å². The first kappa shape index (κ1) is 13.7. The monoisotopic (exact) mass is 236 g/mol. The van der Waals surface area contributed by atoms with E-state index in [9.17, 15) is 4.79 Å². The van der Waals surface area contributed by atoms with Crippen molar-refractivity contribution in [1.82, 2.24) is 5.32 Å². The summed E-state index contributed by atoms with van der Waals surface area (Å²) in [7, 11) is 0. The molecule has 1 rings (SSSR count). The van der Waals surface area contributed by atoms with Gasteiger partial charge in [-0.15, -0.1) is 0 Å². The Morgan fingerprint density at radius 3 is 2.71 bits per heavy atom. The van der Waals surface area contributed by atoms with Gasteiger partial charge in [0.05, 0.1) is 12.5 Å². The number of hydrogen-bond acceptors (Lipinski definition) is 3. The molecule has 1 aromatic carbocycles. The van der Waals surface area contributed by atoms with Crippen LogP contribution in [0.3, 0.4) is 0 Å². The minimum atomic E-state index is -0.280. The molecule has 0 aliphatic rings. The van der Waals surface area contributed by atoms with Gasteiger partial charge in [-0.25, -0.2) is 0 Å². The lowest BCUT2D eigenvalue weighted by Gasteiger charge is -2.15. The summed E-state index contributed by atoms with van der Waals surface area (Å²) < 4.78 is 5.16. The van der Waals surface area contributed by atoms with Gasteiger partial charge >= 0.3 is 0 Å². The normalized spacial score (nSPS) is 12.1. The lowest BCUT2D eigenvalue weighted by molar-refractivity contribution is -0.122. The third kappa shape index (κ3) is 4.54. The van der Waals surface area contributed by atoms with Gasteiger partial charge in [-0.05, 0) is 12.5 Å². The van der Waals surface area contributed by atoms with Crippen LogP contribution in [-0.4, -0.2) is 32.2 Å². The molecule has 0 bridgehead atoms. The van der Waals surface area contributed by atoms with Crippen molar-refractivity contribution in [2.24, 2.45) is 5.73 Å². The summed E-state index contributed by atoms with van der Waals surface area (Å²) >= 11 is 0. The zero-order valence-corrected chi connectivity index (χ0v) is 10.2. The lowest BCUT2D eigenvalue weighted by atomic mass is 9.98. The van der Waals surface area contributed by atoms with Crippen LogP contribution in [0, 0.1) is 0 Å². The smallest absolute Gasteiger partial charge is 0.228 e. The van der Waals surface area contributed by atoms with E-state index in [2.05, 4.69) is 5.32 Å². The molecule has 0 aliphatic carbocycles. The van der Waals surface area contributed by atoms with Crippen LogP contribution in [0.2, 0.25) is 0 Å². The van der Waals surface area contributed by atoms with Gasteiger partial charge < -0.3 is 15.8 Å². The number of hydrogen-bond donors (Lipinski definition) is 2. The van der Waals surface area contributed by atoms with E-state index < -0.39 is 0 Å². The summed E-state index contributed by atoms with van der Waals surface area (Å²) in [6.07, 6.45) is 0. The van der Waals surface area contributed by atoms with Crippen LogP contribution >= 0.6 is 0 Å². The van der Waals surface area contributed by atoms with Crippen molar-refractivity contribution >= 4 is 5.91 Å². The largest absolute Gasteiger partial charge is 0.380 e. The van der Waals surface area contributed by atoms with E-state index in [0.717, 1.165) is 5.56 Å². The fourth-order valence-corrected chi connectivity index (χ4v) is 1.59. The highest BCUT2D eigenvalue weighted by Crippen LogP contribution is 2.13. The summed E-state index contributed by atoms with van der Waals surface area (Å²) in [4.78, 5) is 11.9. The first-order chi connectivity index (χ1) is 8.29. The van der Waals surface area contributed by atoms with Crippen molar-refractivity contribution in [2.75, 3.05) is 26.3 Å². The van der Waals surface area contributed by atoms with Crippen molar-refractivity contribution in [3.8, 4) is 0 Å². The highest BCUT2D eigenvalue weighted by atomic mass is 16.5. The van der Waals surface area contributed by atoms with Crippen LogP contribution in [0.15, 0.2) is 30.3 Å². The highest BCUT2D eigenvalue weighted by Gasteiger charge is 2.17. The van der Waals surface area contributed by atoms with Crippen LogP contribution < -0.4 is 11.1 Å². The predicted molar refractivity (Wildman–Crippen MR) is 67.7 cm³/mol. The average Bonchev–Trinajstić information content (AvgIpc) is 2.37. The summed E-state index contributed by atoms with van der Waals surface area (Å²) in [5.41, 5.74) is 6.59. The van der Waals surface area contributed by atoms with Gasteiger partial charge in [-0.2, -0.15) is 0 Å². The molecule has 0 saturated heterocycles. The predicted octanol–water partition coefficient (Wildman–Crippen LogP) is 0.882. The molecule has 1 amide bonds. The van der Waals surface area contributed by atoms with Gasteiger partial charge in [0.25, 0.3) is 0 Å². The van der Waals surface area contributed by atoms with E-state index in [0.29, 0.717) is 26.3 Å². The lowest BCUT2D eigenvalue weighted by Crippen LogP contribution is -2.35. The van der Waals surface area contributed by atoms with E-state index in [1.807, 2.05) is 37.3 Å². The van der Waals surface area contributed by atoms with Crippen molar-refractivity contribution in [3.05, 3.63) is 35.9 Å². The average molecular weight is 236 g/mol. The molecule has 1 aromatic rings. The third-order valence-corrected chi connectivity index (χ3v) is 2.50. The summed E-state index contributed by atoms with van der Waals surface area (Å²) in [5.74, 6) is -0.323. The molecule has 0 radical (unpaired) electrons. The Hall–Kier alpha value is -1.39. The Balaban J connectivity index is 2.48. The van der Waals surface area contributed by atoms with E-state index in [4.69, 9.17) is 10.5 Å². The molecular weight excluding hydrogens is 216 g/mol. The van der Waals surface area contributed by atoms with E-state index in [1.165, 1.54) is 0 Å². The second-order valence-corrected chi connectivity index (χ2v) is 3.69. The van der Waals surface area contributed by atoms with Crippen molar-refractivity contribution in [2.45, 2.75) is 12.8 Å². The Kier molecular flexibility index (Phi) is 6.29. The number of ether oxygens (including phenoxy) is 1. The Morgan fingerprint density at radius 2 is 2.12 bits per heavy atom. The minimum absolute atomic E-state index is 0.0431. The van der Waals surface area contributed by atoms with Crippen molar-refractivity contribution < 1.29 is 9.53 Å². The maximum Gasteiger partial charge on any atom is 0.228 e. The minimum Gasteiger partial charge on any atom is -0.380 e. The number of nitrogens with one attached hydrogen (secondary N) is 1. The first-order valence-corrected chi connectivity index (χ1v) is 5.90. The van der Waals surface area contributed by atoms with Crippen molar-refractivity contribution in [3.63, 3.8) is 0 Å². The van der Waals surface area contributed by atoms with Crippen LogP contribution in [0.25, 0.3) is 0 Å². The number of carbonyl (C=O) groups is 1. The molecule has 1 unspecified atom stereocenters. The van der Waals surface area contributed by atoms with E-state index in [-0.39, 0.29) is 11.8 Å². The Bertz CT molecular complexity index is 327. The number of rotatable bonds is 7. The summed E-state index contributed by atoms with van der Waals surface area (Å²) in [6, 6.07) is 9.57. The summed E-state index contributed by atoms with van der Waals surface area (Å²) in [6.45, 7) is 3.96. The fourth-order valence-electron chi connectivity index (χ4n) is 1.59. The van der Waals surface area contributed by atoms with Gasteiger partial charge in [-0.1, -0.05) is 30.3 Å². The quantitative estimate of drug-likeness (QED) is 0.691. The standard InChI is InChI=1S/C13H20N2O2/c1-2-17-9-8-15-13(16)12(10-14)11-6-4-3-5-7-11/h3-7,12H,2,8-10,14H2,1H3,(H,15,16). The zero-order valence-electron chi connectivity index (χ0n) is 10.2. The van der Waals surface area contributed by atoms with Crippen LogP contribution in [-0.2, 0) is 9.53 Å². The number of amides is 1. The molecule has 4 heteroatoms. The van der Waals surface area contributed by atoms with Crippen LogP contribution in [0.4, 0.5) is 0 Å². The topological polar surface area (TPSA) is 64.3 Å². The summed E-state index contributed by atoms with van der Waals surface area (Å²) in [5, 5.41) is 2.82. The Labute approximate surface area is 102 Å². The molecule has 0 heterocycles. The molecule has 94 valence electrons. The van der Waals surface area contributed by atoms with Crippen LogP contribution in [0.1, 0.15) is 18.4 Å². The van der Waals surface area contributed by atoms with E-state index in [1.54, 1.807) is 0 Å². The molecule has 0 fully saturated rings. The number of benzene rings is 1. The van der Waals surface area contributed by atoms with Crippen LogP contribution in [0.5, 0.6) is 0 Å². The zero-order chi connectivity index (χ0) is 12.5. The second-order valence-electron chi connectivity index (χ2n) is 3.69. The SMILES string of the molecule is CCOCCNC(=O)C(CN)c1ccccc1. The van der Waals surface area contributed by atoms with E-state index >= 15 is 0 Å². The molecule has 1 atom stereocenters.